The van der Waals surface area contributed by atoms with Crippen LogP contribution in [-0.2, 0) is 23.5 Å². The van der Waals surface area contributed by atoms with Gasteiger partial charge in [0.05, 0.1) is 12.2 Å². The molecule has 0 N–H and O–H groups in total. The topological polar surface area (TPSA) is 61.8 Å². The standard InChI is InChI=1S/C34H58O5Si/c1-20(2)15-22(35)16-21(3)25-18-27(36)29-28-24(12-14-34(25,29)8)33(7)13-11-23(39-40(9,10)32(4,5)6)17-26(33)30-31(28)38-19-37-30/h20-21,23-26,28-31H,11-19H2,1-10H3/t21-,23-,24+,25-,26-,28-,29+,30-,31-,33-,34-/m1/s1. The SMILES string of the molecule is CC(C)CC(=O)C[C@@H](C)[C@H]1CC(=O)[C@H]2[C@@H]3[C@H]4OCO[C@@H]4[C@H]4C[C@H](O[Si](C)(C)C(C)(C)C)CC[C@]4(C)[C@H]3CC[C@]12C. The van der Waals surface area contributed by atoms with Gasteiger partial charge < -0.3 is 13.9 Å². The Hall–Kier alpha value is -0.563. The van der Waals surface area contributed by atoms with Gasteiger partial charge in [-0.2, -0.15) is 0 Å². The predicted molar refractivity (Wildman–Crippen MR) is 161 cm³/mol. The lowest BCUT2D eigenvalue weighted by atomic mass is 9.43. The molecule has 11 atom stereocenters. The molecule has 0 aromatic rings. The first-order valence-corrected chi connectivity index (χ1v) is 19.4. The van der Waals surface area contributed by atoms with Gasteiger partial charge in [0.25, 0.3) is 0 Å². The number of ether oxygens (including phenoxy) is 2. The van der Waals surface area contributed by atoms with Crippen LogP contribution in [0.3, 0.4) is 0 Å². The van der Waals surface area contributed by atoms with Crippen LogP contribution >= 0.6 is 0 Å². The van der Waals surface area contributed by atoms with Gasteiger partial charge in [0, 0.05) is 37.2 Å². The Balaban J connectivity index is 1.39. The van der Waals surface area contributed by atoms with Crippen LogP contribution < -0.4 is 0 Å². The molecule has 5 fully saturated rings. The predicted octanol–water partition coefficient (Wildman–Crippen LogP) is 7.82. The minimum Gasteiger partial charge on any atom is -0.414 e. The number of Topliss-reactive ketones (excluding diaryl/α,β-unsaturated/α-hetero) is 2. The third-order valence-electron chi connectivity index (χ3n) is 13.1. The summed E-state index contributed by atoms with van der Waals surface area (Å²) in [5.41, 5.74) is 0.0868. The van der Waals surface area contributed by atoms with Crippen molar-refractivity contribution in [2.24, 2.45) is 52.3 Å². The zero-order valence-electron chi connectivity index (χ0n) is 27.2. The largest absolute Gasteiger partial charge is 0.414 e. The Labute approximate surface area is 245 Å². The molecular weight excluding hydrogens is 516 g/mol. The van der Waals surface area contributed by atoms with Gasteiger partial charge in [0.2, 0.25) is 0 Å². The van der Waals surface area contributed by atoms with Crippen molar-refractivity contribution >= 4 is 19.9 Å². The second-order valence-corrected chi connectivity index (χ2v) is 21.8. The van der Waals surface area contributed by atoms with E-state index in [0.717, 1.165) is 32.1 Å². The lowest BCUT2D eigenvalue weighted by Crippen LogP contribution is -2.64. The molecule has 1 heterocycles. The molecule has 40 heavy (non-hydrogen) atoms. The van der Waals surface area contributed by atoms with E-state index in [1.54, 1.807) is 0 Å². The maximum atomic E-state index is 14.0. The van der Waals surface area contributed by atoms with Crippen LogP contribution in [0.15, 0.2) is 0 Å². The van der Waals surface area contributed by atoms with Crippen molar-refractivity contribution in [1.82, 2.24) is 0 Å². The molecule has 5 nitrogen and oxygen atoms in total. The van der Waals surface area contributed by atoms with E-state index in [0.29, 0.717) is 55.4 Å². The maximum Gasteiger partial charge on any atom is 0.192 e. The summed E-state index contributed by atoms with van der Waals surface area (Å²) in [5.74, 6) is 2.83. The Morgan fingerprint density at radius 2 is 1.65 bits per heavy atom. The molecule has 0 amide bonds. The second kappa shape index (κ2) is 10.6. The summed E-state index contributed by atoms with van der Waals surface area (Å²) < 4.78 is 19.9. The Morgan fingerprint density at radius 3 is 2.30 bits per heavy atom. The normalized spacial score (nSPS) is 44.1. The highest BCUT2D eigenvalue weighted by Crippen LogP contribution is 2.69. The van der Waals surface area contributed by atoms with Crippen molar-refractivity contribution in [2.45, 2.75) is 143 Å². The van der Waals surface area contributed by atoms with Crippen LogP contribution in [0, 0.1) is 52.3 Å². The van der Waals surface area contributed by atoms with E-state index in [-0.39, 0.29) is 57.9 Å². The molecule has 0 aromatic carbocycles. The number of carbonyl (C=O) groups excluding carboxylic acids is 2. The summed E-state index contributed by atoms with van der Waals surface area (Å²) in [6.45, 7) is 23.4. The molecule has 0 bridgehead atoms. The number of fused-ring (bicyclic) bond motifs is 8. The zero-order chi connectivity index (χ0) is 29.4. The first-order valence-electron chi connectivity index (χ1n) is 16.4. The van der Waals surface area contributed by atoms with E-state index in [9.17, 15) is 9.59 Å². The molecule has 6 heteroatoms. The quantitative estimate of drug-likeness (QED) is 0.290. The highest BCUT2D eigenvalue weighted by Gasteiger charge is 2.69. The van der Waals surface area contributed by atoms with Gasteiger partial charge in [0.15, 0.2) is 8.32 Å². The molecule has 5 aliphatic rings. The summed E-state index contributed by atoms with van der Waals surface area (Å²) in [7, 11) is -1.86. The highest BCUT2D eigenvalue weighted by molar-refractivity contribution is 6.74. The molecule has 0 unspecified atom stereocenters. The van der Waals surface area contributed by atoms with E-state index in [1.807, 2.05) is 0 Å². The fourth-order valence-electron chi connectivity index (χ4n) is 10.2. The molecule has 0 radical (unpaired) electrons. The first kappa shape index (κ1) is 30.9. The van der Waals surface area contributed by atoms with Crippen molar-refractivity contribution in [3.05, 3.63) is 0 Å². The van der Waals surface area contributed by atoms with Crippen LogP contribution in [0.1, 0.15) is 107 Å². The average molecular weight is 575 g/mol. The smallest absolute Gasteiger partial charge is 0.192 e. The van der Waals surface area contributed by atoms with E-state index in [2.05, 4.69) is 68.5 Å². The minimum absolute atomic E-state index is 0.0000923. The van der Waals surface area contributed by atoms with E-state index in [1.165, 1.54) is 0 Å². The lowest BCUT2D eigenvalue weighted by molar-refractivity contribution is -0.190. The van der Waals surface area contributed by atoms with Crippen molar-refractivity contribution < 1.29 is 23.5 Å². The number of hydrogen-bond acceptors (Lipinski definition) is 5. The van der Waals surface area contributed by atoms with E-state index >= 15 is 0 Å². The van der Waals surface area contributed by atoms with Gasteiger partial charge in [-0.1, -0.05) is 55.4 Å². The molecule has 228 valence electrons. The second-order valence-electron chi connectivity index (χ2n) is 17.1. The molecule has 5 rings (SSSR count). The van der Waals surface area contributed by atoms with Gasteiger partial charge >= 0.3 is 0 Å². The van der Waals surface area contributed by atoms with Crippen LogP contribution in [0.2, 0.25) is 18.1 Å². The molecule has 0 spiro atoms. The third-order valence-corrected chi connectivity index (χ3v) is 17.7. The average Bonchev–Trinajstić information content (AvgIpc) is 3.41. The monoisotopic (exact) mass is 574 g/mol. The van der Waals surface area contributed by atoms with Gasteiger partial charge in [-0.05, 0) is 90.7 Å². The van der Waals surface area contributed by atoms with Gasteiger partial charge in [-0.15, -0.1) is 0 Å². The van der Waals surface area contributed by atoms with Gasteiger partial charge in [0.1, 0.15) is 18.4 Å². The number of hydrogen-bond donors (Lipinski definition) is 0. The first-order chi connectivity index (χ1) is 18.5. The fourth-order valence-corrected chi connectivity index (χ4v) is 11.6. The molecule has 1 saturated heterocycles. The van der Waals surface area contributed by atoms with Crippen LogP contribution in [0.25, 0.3) is 0 Å². The lowest BCUT2D eigenvalue weighted by Gasteiger charge is -2.63. The molecule has 4 saturated carbocycles. The number of carbonyl (C=O) groups is 2. The van der Waals surface area contributed by atoms with Gasteiger partial charge in [-0.25, -0.2) is 0 Å². The number of rotatable bonds is 7. The molecule has 4 aliphatic carbocycles. The van der Waals surface area contributed by atoms with Crippen molar-refractivity contribution in [2.75, 3.05) is 6.79 Å². The van der Waals surface area contributed by atoms with Crippen molar-refractivity contribution in [1.29, 1.82) is 0 Å². The highest BCUT2D eigenvalue weighted by atomic mass is 28.4. The van der Waals surface area contributed by atoms with Gasteiger partial charge in [-0.3, -0.25) is 9.59 Å². The number of ketones is 2. The molecule has 1 aliphatic heterocycles. The van der Waals surface area contributed by atoms with Crippen molar-refractivity contribution in [3.8, 4) is 0 Å². The summed E-state index contributed by atoms with van der Waals surface area (Å²) >= 11 is 0. The summed E-state index contributed by atoms with van der Waals surface area (Å²) in [5, 5.41) is 0.199. The third kappa shape index (κ3) is 5.03. The summed E-state index contributed by atoms with van der Waals surface area (Å²) in [4.78, 5) is 26.8. The zero-order valence-corrected chi connectivity index (χ0v) is 28.2. The fraction of sp³-hybridized carbons (Fsp3) is 0.941. The Morgan fingerprint density at radius 1 is 1.00 bits per heavy atom. The van der Waals surface area contributed by atoms with Crippen LogP contribution in [0.5, 0.6) is 0 Å². The summed E-state index contributed by atoms with van der Waals surface area (Å²) in [6.07, 6.45) is 7.75. The summed E-state index contributed by atoms with van der Waals surface area (Å²) in [6, 6.07) is 0. The minimum atomic E-state index is -1.86. The van der Waals surface area contributed by atoms with Crippen LogP contribution in [-0.4, -0.2) is 45.0 Å². The van der Waals surface area contributed by atoms with Crippen LogP contribution in [0.4, 0.5) is 0 Å². The van der Waals surface area contributed by atoms with E-state index < -0.39 is 8.32 Å². The Kier molecular flexibility index (Phi) is 8.15. The van der Waals surface area contributed by atoms with Crippen molar-refractivity contribution in [3.63, 3.8) is 0 Å². The van der Waals surface area contributed by atoms with E-state index in [4.69, 9.17) is 13.9 Å². The molecular formula is C34H58O5Si. The Bertz CT molecular complexity index is 985. The molecule has 0 aromatic heterocycles. The maximum absolute atomic E-state index is 14.0.